The van der Waals surface area contributed by atoms with E-state index < -0.39 is 33.7 Å². The first-order valence-corrected chi connectivity index (χ1v) is 12.8. The van der Waals surface area contributed by atoms with Gasteiger partial charge in [0, 0.05) is 35.8 Å². The maximum absolute atomic E-state index is 13.9. The normalized spacial score (nSPS) is 12.1. The zero-order chi connectivity index (χ0) is 26.6. The fraction of sp³-hybridized carbons (Fsp3) is 0.148. The predicted molar refractivity (Wildman–Crippen MR) is 135 cm³/mol. The van der Waals surface area contributed by atoms with Crippen molar-refractivity contribution in [3.8, 4) is 11.1 Å². The molecule has 37 heavy (non-hydrogen) atoms. The van der Waals surface area contributed by atoms with Crippen LogP contribution in [0.2, 0.25) is 0 Å². The molecule has 2 amide bonds. The monoisotopic (exact) mass is 522 g/mol. The van der Waals surface area contributed by atoms with Gasteiger partial charge in [-0.3, -0.25) is 9.97 Å². The fourth-order valence-corrected chi connectivity index (χ4v) is 5.21. The molecule has 0 saturated heterocycles. The molecule has 0 bridgehead atoms. The summed E-state index contributed by atoms with van der Waals surface area (Å²) in [6.45, 7) is 3.49. The van der Waals surface area contributed by atoms with Crippen LogP contribution >= 0.6 is 0 Å². The second-order valence-corrected chi connectivity index (χ2v) is 10.2. The molecule has 7 nitrogen and oxygen atoms in total. The maximum Gasteiger partial charge on any atom is 0.329 e. The van der Waals surface area contributed by atoms with Gasteiger partial charge >= 0.3 is 6.03 Å². The van der Waals surface area contributed by atoms with Gasteiger partial charge in [0.05, 0.1) is 16.6 Å². The van der Waals surface area contributed by atoms with Crippen LogP contribution in [0, 0.1) is 25.5 Å². The lowest BCUT2D eigenvalue weighted by Crippen LogP contribution is -2.42. The Kier molecular flexibility index (Phi) is 7.58. The molecule has 0 aliphatic carbocycles. The molecular weight excluding hydrogens is 498 g/mol. The van der Waals surface area contributed by atoms with Crippen molar-refractivity contribution >= 4 is 16.1 Å². The number of amides is 2. The standard InChI is InChI=1S/C27H24F2N4O3S/c1-17-10-20(16-30-15-17)23-7-5-9-31-26(23)24(13-19-11-21(28)14-22(29)12-19)32-27(34)33-37(35,36)25-8-4-3-6-18(25)2/h3-12,14-16,24H,13H2,1-2H3,(H2,32,33,34)/t24-/m1/s1. The summed E-state index contributed by atoms with van der Waals surface area (Å²) in [5, 5.41) is 2.63. The number of urea groups is 1. The number of hydrogen-bond acceptors (Lipinski definition) is 5. The third kappa shape index (κ3) is 6.34. The lowest BCUT2D eigenvalue weighted by Gasteiger charge is -2.22. The van der Waals surface area contributed by atoms with Gasteiger partial charge in [-0.05, 0) is 67.3 Å². The molecule has 10 heteroatoms. The van der Waals surface area contributed by atoms with Crippen molar-refractivity contribution in [2.45, 2.75) is 31.2 Å². The van der Waals surface area contributed by atoms with Crippen LogP contribution in [-0.2, 0) is 16.4 Å². The van der Waals surface area contributed by atoms with Crippen LogP contribution < -0.4 is 10.0 Å². The molecular formula is C27H24F2N4O3S. The molecule has 0 aliphatic rings. The van der Waals surface area contributed by atoms with Gasteiger partial charge in [-0.15, -0.1) is 0 Å². The molecule has 190 valence electrons. The fourth-order valence-electron chi connectivity index (χ4n) is 4.04. The van der Waals surface area contributed by atoms with Crippen LogP contribution in [0.1, 0.15) is 28.4 Å². The van der Waals surface area contributed by atoms with Crippen molar-refractivity contribution in [3.05, 3.63) is 113 Å². The molecule has 2 aromatic carbocycles. The number of nitrogens with zero attached hydrogens (tertiary/aromatic N) is 2. The van der Waals surface area contributed by atoms with Crippen molar-refractivity contribution in [1.82, 2.24) is 20.0 Å². The van der Waals surface area contributed by atoms with E-state index in [9.17, 15) is 22.0 Å². The van der Waals surface area contributed by atoms with Crippen molar-refractivity contribution in [2.75, 3.05) is 0 Å². The summed E-state index contributed by atoms with van der Waals surface area (Å²) in [5.74, 6) is -1.55. The second kappa shape index (κ2) is 10.8. The Balaban J connectivity index is 1.71. The third-order valence-corrected chi connectivity index (χ3v) is 7.12. The Hall–Kier alpha value is -4.18. The quantitative estimate of drug-likeness (QED) is 0.355. The Morgan fingerprint density at radius 2 is 1.70 bits per heavy atom. The summed E-state index contributed by atoms with van der Waals surface area (Å²) in [6.07, 6.45) is 4.78. The highest BCUT2D eigenvalue weighted by molar-refractivity contribution is 7.90. The molecule has 4 aromatic rings. The largest absolute Gasteiger partial charge is 0.329 e. The summed E-state index contributed by atoms with van der Waals surface area (Å²) in [4.78, 5) is 21.6. The summed E-state index contributed by atoms with van der Waals surface area (Å²) in [7, 11) is -4.18. The zero-order valence-corrected chi connectivity index (χ0v) is 20.9. The molecule has 2 N–H and O–H groups in total. The van der Waals surface area contributed by atoms with E-state index in [1.165, 1.54) is 12.3 Å². The lowest BCUT2D eigenvalue weighted by atomic mass is 9.96. The summed E-state index contributed by atoms with van der Waals surface area (Å²) >= 11 is 0. The topological polar surface area (TPSA) is 101 Å². The first-order valence-electron chi connectivity index (χ1n) is 11.3. The van der Waals surface area contributed by atoms with Crippen molar-refractivity contribution in [2.24, 2.45) is 0 Å². The zero-order valence-electron chi connectivity index (χ0n) is 20.1. The first kappa shape index (κ1) is 25.9. The minimum atomic E-state index is -4.18. The molecule has 0 unspecified atom stereocenters. The van der Waals surface area contributed by atoms with Crippen LogP contribution in [0.15, 0.2) is 84.1 Å². The Morgan fingerprint density at radius 1 is 0.973 bits per heavy atom. The molecule has 0 spiro atoms. The summed E-state index contributed by atoms with van der Waals surface area (Å²) in [6, 6.07) is 12.7. The van der Waals surface area contributed by atoms with E-state index in [2.05, 4.69) is 15.3 Å². The van der Waals surface area contributed by atoms with Crippen LogP contribution in [0.5, 0.6) is 0 Å². The number of hydrogen-bond donors (Lipinski definition) is 2. The molecule has 4 rings (SSSR count). The molecule has 1 atom stereocenters. The van der Waals surface area contributed by atoms with Gasteiger partial charge in [-0.2, -0.15) is 0 Å². The second-order valence-electron chi connectivity index (χ2n) is 8.57. The molecule has 0 fully saturated rings. The van der Waals surface area contributed by atoms with E-state index in [4.69, 9.17) is 0 Å². The predicted octanol–water partition coefficient (Wildman–Crippen LogP) is 5.01. The van der Waals surface area contributed by atoms with Crippen molar-refractivity contribution in [1.29, 1.82) is 0 Å². The Labute approximate surface area is 213 Å². The number of aromatic nitrogens is 2. The van der Waals surface area contributed by atoms with Crippen molar-refractivity contribution < 1.29 is 22.0 Å². The van der Waals surface area contributed by atoms with Gasteiger partial charge in [0.1, 0.15) is 11.6 Å². The average molecular weight is 523 g/mol. The minimum Gasteiger partial charge on any atom is -0.329 e. The SMILES string of the molecule is Cc1cncc(-c2cccnc2[C@@H](Cc2cc(F)cc(F)c2)NC(=O)NS(=O)(=O)c2ccccc2C)c1. The number of sulfonamides is 1. The number of benzene rings is 2. The van der Waals surface area contributed by atoms with E-state index in [0.29, 0.717) is 22.4 Å². The van der Waals surface area contributed by atoms with E-state index in [1.54, 1.807) is 49.6 Å². The molecule has 0 aliphatic heterocycles. The van der Waals surface area contributed by atoms with E-state index in [0.717, 1.165) is 23.8 Å². The van der Waals surface area contributed by atoms with Crippen LogP contribution in [-0.4, -0.2) is 24.4 Å². The van der Waals surface area contributed by atoms with Gasteiger partial charge in [-0.1, -0.05) is 24.3 Å². The van der Waals surface area contributed by atoms with Gasteiger partial charge in [0.25, 0.3) is 10.0 Å². The van der Waals surface area contributed by atoms with Gasteiger partial charge in [-0.25, -0.2) is 26.7 Å². The van der Waals surface area contributed by atoms with E-state index >= 15 is 0 Å². The number of carbonyl (C=O) groups is 1. The first-order chi connectivity index (χ1) is 17.6. The number of carbonyl (C=O) groups excluding carboxylic acids is 1. The van der Waals surface area contributed by atoms with E-state index in [1.807, 2.05) is 17.7 Å². The number of pyridine rings is 2. The Morgan fingerprint density at radius 3 is 2.41 bits per heavy atom. The van der Waals surface area contributed by atoms with Crippen LogP contribution in [0.3, 0.4) is 0 Å². The molecule has 2 heterocycles. The number of nitrogens with one attached hydrogen (secondary N) is 2. The Bertz CT molecular complexity index is 1540. The van der Waals surface area contributed by atoms with Crippen LogP contribution in [0.25, 0.3) is 11.1 Å². The minimum absolute atomic E-state index is 0.0433. The highest BCUT2D eigenvalue weighted by Crippen LogP contribution is 2.29. The van der Waals surface area contributed by atoms with Gasteiger partial charge in [0.15, 0.2) is 0 Å². The molecule has 2 aromatic heterocycles. The number of rotatable bonds is 7. The summed E-state index contributed by atoms with van der Waals surface area (Å²) < 4.78 is 55.6. The highest BCUT2D eigenvalue weighted by Gasteiger charge is 2.25. The van der Waals surface area contributed by atoms with Crippen molar-refractivity contribution in [3.63, 3.8) is 0 Å². The highest BCUT2D eigenvalue weighted by atomic mass is 32.2. The third-order valence-electron chi connectivity index (χ3n) is 5.63. The smallest absolute Gasteiger partial charge is 0.329 e. The average Bonchev–Trinajstić information content (AvgIpc) is 2.83. The lowest BCUT2D eigenvalue weighted by molar-refractivity contribution is 0.242. The van der Waals surface area contributed by atoms with Gasteiger partial charge in [0.2, 0.25) is 0 Å². The number of halogens is 2. The van der Waals surface area contributed by atoms with E-state index in [-0.39, 0.29) is 16.9 Å². The summed E-state index contributed by atoms with van der Waals surface area (Å²) in [5.41, 5.74) is 3.34. The molecule has 0 saturated carbocycles. The number of aryl methyl sites for hydroxylation is 2. The maximum atomic E-state index is 13.9. The molecule has 0 radical (unpaired) electrons. The van der Waals surface area contributed by atoms with Gasteiger partial charge < -0.3 is 5.32 Å². The van der Waals surface area contributed by atoms with Crippen LogP contribution in [0.4, 0.5) is 13.6 Å².